The van der Waals surface area contributed by atoms with E-state index in [2.05, 4.69) is 30.8 Å². The van der Waals surface area contributed by atoms with Crippen molar-refractivity contribution in [3.05, 3.63) is 35.1 Å². The van der Waals surface area contributed by atoms with Gasteiger partial charge in [0, 0.05) is 17.7 Å². The molecular weight excluding hydrogens is 273 g/mol. The van der Waals surface area contributed by atoms with Crippen LogP contribution in [0.4, 0.5) is 4.39 Å². The highest BCUT2D eigenvalue weighted by molar-refractivity contribution is 7.80. The van der Waals surface area contributed by atoms with Gasteiger partial charge in [-0.2, -0.15) is 0 Å². The fourth-order valence-electron chi connectivity index (χ4n) is 2.03. The van der Waals surface area contributed by atoms with E-state index in [0.29, 0.717) is 17.7 Å². The zero-order valence-electron chi connectivity index (χ0n) is 12.5. The highest BCUT2D eigenvalue weighted by atomic mass is 32.1. The fraction of sp³-hybridized carbons (Fsp3) is 0.533. The number of halogens is 1. The van der Waals surface area contributed by atoms with E-state index in [0.717, 1.165) is 26.1 Å². The van der Waals surface area contributed by atoms with Gasteiger partial charge in [-0.05, 0) is 46.2 Å². The van der Waals surface area contributed by atoms with Gasteiger partial charge in [-0.1, -0.05) is 31.3 Å². The number of benzene rings is 1. The van der Waals surface area contributed by atoms with Crippen molar-refractivity contribution >= 4 is 17.2 Å². The second-order valence-corrected chi connectivity index (χ2v) is 5.64. The van der Waals surface area contributed by atoms with Crippen LogP contribution >= 0.6 is 12.2 Å². The van der Waals surface area contributed by atoms with E-state index in [9.17, 15) is 4.39 Å². The highest BCUT2D eigenvalue weighted by Crippen LogP contribution is 2.13. The standard InChI is InChI=1S/C15H24FN3S/c1-4-19(9-5-8-18(2)3)11-13-7-6-12(15(17)20)10-14(13)16/h6-7,10H,4-5,8-9,11H2,1-3H3,(H2,17,20). The maximum absolute atomic E-state index is 14.0. The van der Waals surface area contributed by atoms with Gasteiger partial charge in [-0.3, -0.25) is 4.90 Å². The molecule has 0 aliphatic rings. The van der Waals surface area contributed by atoms with Crippen LogP contribution in [0.15, 0.2) is 18.2 Å². The third-order valence-corrected chi connectivity index (χ3v) is 3.49. The molecule has 0 spiro atoms. The monoisotopic (exact) mass is 297 g/mol. The molecule has 1 aromatic carbocycles. The van der Waals surface area contributed by atoms with Crippen LogP contribution in [-0.4, -0.2) is 48.5 Å². The molecule has 0 saturated carbocycles. The van der Waals surface area contributed by atoms with Crippen LogP contribution in [0.3, 0.4) is 0 Å². The Morgan fingerprint density at radius 1 is 1.30 bits per heavy atom. The molecular formula is C15H24FN3S. The van der Waals surface area contributed by atoms with Crippen molar-refractivity contribution in [2.45, 2.75) is 19.9 Å². The fourth-order valence-corrected chi connectivity index (χ4v) is 2.16. The summed E-state index contributed by atoms with van der Waals surface area (Å²) in [6.45, 7) is 5.62. The van der Waals surface area contributed by atoms with Gasteiger partial charge in [-0.25, -0.2) is 4.39 Å². The lowest BCUT2D eigenvalue weighted by Crippen LogP contribution is -2.27. The van der Waals surface area contributed by atoms with E-state index < -0.39 is 0 Å². The predicted molar refractivity (Wildman–Crippen MR) is 86.4 cm³/mol. The van der Waals surface area contributed by atoms with E-state index in [-0.39, 0.29) is 10.8 Å². The molecule has 0 atom stereocenters. The maximum Gasteiger partial charge on any atom is 0.128 e. The molecule has 3 nitrogen and oxygen atoms in total. The molecule has 5 heteroatoms. The lowest BCUT2D eigenvalue weighted by molar-refractivity contribution is 0.256. The van der Waals surface area contributed by atoms with Gasteiger partial charge < -0.3 is 10.6 Å². The SMILES string of the molecule is CCN(CCCN(C)C)Cc1ccc(C(N)=S)cc1F. The van der Waals surface area contributed by atoms with E-state index in [1.54, 1.807) is 12.1 Å². The topological polar surface area (TPSA) is 32.5 Å². The Balaban J connectivity index is 2.63. The van der Waals surface area contributed by atoms with Crippen molar-refractivity contribution in [1.82, 2.24) is 9.80 Å². The number of hydrogen-bond acceptors (Lipinski definition) is 3. The Labute approximate surface area is 126 Å². The first-order chi connectivity index (χ1) is 9.43. The molecule has 2 N–H and O–H groups in total. The van der Waals surface area contributed by atoms with Crippen molar-refractivity contribution in [3.8, 4) is 0 Å². The van der Waals surface area contributed by atoms with Crippen molar-refractivity contribution in [3.63, 3.8) is 0 Å². The summed E-state index contributed by atoms with van der Waals surface area (Å²) in [6, 6.07) is 4.98. The Morgan fingerprint density at radius 3 is 2.50 bits per heavy atom. The highest BCUT2D eigenvalue weighted by Gasteiger charge is 2.09. The van der Waals surface area contributed by atoms with Gasteiger partial charge in [0.05, 0.1) is 0 Å². The van der Waals surface area contributed by atoms with Crippen molar-refractivity contribution < 1.29 is 4.39 Å². The summed E-state index contributed by atoms with van der Waals surface area (Å²) in [5.74, 6) is -0.235. The van der Waals surface area contributed by atoms with Crippen LogP contribution in [-0.2, 0) is 6.54 Å². The van der Waals surface area contributed by atoms with Crippen LogP contribution in [0.25, 0.3) is 0 Å². The summed E-state index contributed by atoms with van der Waals surface area (Å²) in [5, 5.41) is 0. The third-order valence-electron chi connectivity index (χ3n) is 3.26. The second-order valence-electron chi connectivity index (χ2n) is 5.20. The molecule has 0 aliphatic carbocycles. The minimum atomic E-state index is -0.235. The van der Waals surface area contributed by atoms with Crippen LogP contribution in [0.5, 0.6) is 0 Å². The summed E-state index contributed by atoms with van der Waals surface area (Å²) < 4.78 is 14.0. The van der Waals surface area contributed by atoms with E-state index in [1.165, 1.54) is 6.07 Å². The zero-order chi connectivity index (χ0) is 15.1. The first-order valence-corrected chi connectivity index (χ1v) is 7.30. The zero-order valence-corrected chi connectivity index (χ0v) is 13.3. The van der Waals surface area contributed by atoms with Gasteiger partial charge in [-0.15, -0.1) is 0 Å². The Kier molecular flexibility index (Phi) is 7.05. The maximum atomic E-state index is 14.0. The summed E-state index contributed by atoms with van der Waals surface area (Å²) in [4.78, 5) is 4.63. The number of nitrogens with zero attached hydrogens (tertiary/aromatic N) is 2. The van der Waals surface area contributed by atoms with Gasteiger partial charge in [0.25, 0.3) is 0 Å². The molecule has 20 heavy (non-hydrogen) atoms. The van der Waals surface area contributed by atoms with E-state index in [4.69, 9.17) is 18.0 Å². The molecule has 0 aliphatic heterocycles. The molecule has 112 valence electrons. The molecule has 0 fully saturated rings. The third kappa shape index (κ3) is 5.53. The van der Waals surface area contributed by atoms with E-state index in [1.807, 2.05) is 0 Å². The van der Waals surface area contributed by atoms with Crippen LogP contribution in [0.2, 0.25) is 0 Å². The molecule has 0 amide bonds. The number of hydrogen-bond donors (Lipinski definition) is 1. The predicted octanol–water partition coefficient (Wildman–Crippen LogP) is 2.23. The molecule has 0 saturated heterocycles. The summed E-state index contributed by atoms with van der Waals surface area (Å²) in [6.07, 6.45) is 1.08. The second kappa shape index (κ2) is 8.29. The smallest absolute Gasteiger partial charge is 0.128 e. The lowest BCUT2D eigenvalue weighted by atomic mass is 10.1. The Morgan fingerprint density at radius 2 is 2.00 bits per heavy atom. The van der Waals surface area contributed by atoms with Gasteiger partial charge in [0.15, 0.2) is 0 Å². The van der Waals surface area contributed by atoms with Gasteiger partial charge in [0.1, 0.15) is 10.8 Å². The minimum absolute atomic E-state index is 0.230. The van der Waals surface area contributed by atoms with Crippen LogP contribution in [0.1, 0.15) is 24.5 Å². The van der Waals surface area contributed by atoms with Crippen molar-refractivity contribution in [2.24, 2.45) is 5.73 Å². The van der Waals surface area contributed by atoms with Crippen LogP contribution in [0, 0.1) is 5.82 Å². The first kappa shape index (κ1) is 17.0. The molecule has 0 aromatic heterocycles. The van der Waals surface area contributed by atoms with Crippen molar-refractivity contribution in [2.75, 3.05) is 33.7 Å². The summed E-state index contributed by atoms with van der Waals surface area (Å²) in [7, 11) is 4.12. The largest absolute Gasteiger partial charge is 0.389 e. The van der Waals surface area contributed by atoms with Gasteiger partial charge >= 0.3 is 0 Å². The molecule has 0 radical (unpaired) electrons. The van der Waals surface area contributed by atoms with Gasteiger partial charge in [0.2, 0.25) is 0 Å². The number of thiocarbonyl (C=S) groups is 1. The number of rotatable bonds is 8. The molecule has 1 aromatic rings. The summed E-state index contributed by atoms with van der Waals surface area (Å²) >= 11 is 4.85. The van der Waals surface area contributed by atoms with Crippen molar-refractivity contribution in [1.29, 1.82) is 0 Å². The average molecular weight is 297 g/mol. The average Bonchev–Trinajstić information content (AvgIpc) is 2.38. The Hall–Kier alpha value is -1.04. The lowest BCUT2D eigenvalue weighted by Gasteiger charge is -2.22. The van der Waals surface area contributed by atoms with Crippen LogP contribution < -0.4 is 5.73 Å². The molecule has 0 unspecified atom stereocenters. The molecule has 0 bridgehead atoms. The minimum Gasteiger partial charge on any atom is -0.389 e. The summed E-state index contributed by atoms with van der Waals surface area (Å²) in [5.41, 5.74) is 6.78. The Bertz CT molecular complexity index is 449. The molecule has 0 heterocycles. The quantitative estimate of drug-likeness (QED) is 0.746. The first-order valence-electron chi connectivity index (χ1n) is 6.89. The molecule has 1 rings (SSSR count). The van der Waals surface area contributed by atoms with E-state index >= 15 is 0 Å². The normalized spacial score (nSPS) is 11.3. The number of nitrogens with two attached hydrogens (primary N) is 1.